The molecule has 9 N–H and O–H groups in total. The van der Waals surface area contributed by atoms with Crippen molar-refractivity contribution in [1.82, 2.24) is 16.0 Å². The van der Waals surface area contributed by atoms with E-state index >= 15 is 0 Å². The smallest absolute Gasteiger partial charge is 0.326 e. The van der Waals surface area contributed by atoms with E-state index in [1.165, 1.54) is 18.7 Å². The third kappa shape index (κ3) is 12.4. The highest BCUT2D eigenvalue weighted by molar-refractivity contribution is 7.98. The molecule has 33 heavy (non-hydrogen) atoms. The van der Waals surface area contributed by atoms with Gasteiger partial charge in [0, 0.05) is 6.42 Å². The van der Waals surface area contributed by atoms with Crippen LogP contribution in [0, 0.1) is 5.92 Å². The maximum Gasteiger partial charge on any atom is 0.326 e. The number of hydrogen-bond acceptors (Lipinski definition) is 8. The minimum Gasteiger partial charge on any atom is -0.480 e. The van der Waals surface area contributed by atoms with Crippen LogP contribution in [0.1, 0.15) is 46.5 Å². The van der Waals surface area contributed by atoms with Gasteiger partial charge in [0.1, 0.15) is 18.1 Å². The molecule has 12 nitrogen and oxygen atoms in total. The van der Waals surface area contributed by atoms with Crippen molar-refractivity contribution in [2.75, 3.05) is 12.0 Å². The molecule has 0 aliphatic carbocycles. The largest absolute Gasteiger partial charge is 0.480 e. The van der Waals surface area contributed by atoms with Crippen LogP contribution in [0.15, 0.2) is 0 Å². The summed E-state index contributed by atoms with van der Waals surface area (Å²) in [7, 11) is 0. The molecule has 0 fully saturated rings. The first-order chi connectivity index (χ1) is 15.3. The molecular weight excluding hydrogens is 454 g/mol. The summed E-state index contributed by atoms with van der Waals surface area (Å²) in [4.78, 5) is 60.4. The van der Waals surface area contributed by atoms with Crippen molar-refractivity contribution in [3.8, 4) is 0 Å². The Morgan fingerprint density at radius 1 is 0.909 bits per heavy atom. The summed E-state index contributed by atoms with van der Waals surface area (Å²) in [5, 5.41) is 26.4. The predicted octanol–water partition coefficient (Wildman–Crippen LogP) is -1.70. The van der Waals surface area contributed by atoms with Gasteiger partial charge in [-0.1, -0.05) is 13.8 Å². The molecule has 0 rings (SSSR count). The molecule has 4 amide bonds. The van der Waals surface area contributed by atoms with E-state index < -0.39 is 59.9 Å². The molecule has 0 heterocycles. The highest BCUT2D eigenvalue weighted by Crippen LogP contribution is 2.06. The van der Waals surface area contributed by atoms with Crippen molar-refractivity contribution in [2.24, 2.45) is 17.4 Å². The highest BCUT2D eigenvalue weighted by atomic mass is 32.2. The maximum absolute atomic E-state index is 12.8. The number of aliphatic hydroxyl groups is 1. The zero-order chi connectivity index (χ0) is 25.7. The van der Waals surface area contributed by atoms with Crippen LogP contribution in [0.2, 0.25) is 0 Å². The normalized spacial score (nSPS) is 15.6. The number of amides is 4. The van der Waals surface area contributed by atoms with Gasteiger partial charge in [0.05, 0.1) is 12.1 Å². The van der Waals surface area contributed by atoms with Crippen LogP contribution in [0.4, 0.5) is 0 Å². The third-order valence-electron chi connectivity index (χ3n) is 4.66. The van der Waals surface area contributed by atoms with Crippen LogP contribution in [0.5, 0.6) is 0 Å². The number of hydrogen-bond donors (Lipinski definition) is 7. The minimum absolute atomic E-state index is 0.125. The van der Waals surface area contributed by atoms with Crippen molar-refractivity contribution in [3.05, 3.63) is 0 Å². The van der Waals surface area contributed by atoms with Crippen LogP contribution in [-0.4, -0.2) is 82.1 Å². The number of carboxylic acid groups (broad SMARTS) is 1. The summed E-state index contributed by atoms with van der Waals surface area (Å²) >= 11 is 1.40. The van der Waals surface area contributed by atoms with Crippen molar-refractivity contribution < 1.29 is 34.2 Å². The van der Waals surface area contributed by atoms with E-state index in [9.17, 15) is 34.2 Å². The molecule has 5 atom stereocenters. The molecule has 190 valence electrons. The van der Waals surface area contributed by atoms with Gasteiger partial charge in [-0.2, -0.15) is 11.8 Å². The van der Waals surface area contributed by atoms with Gasteiger partial charge < -0.3 is 37.6 Å². The van der Waals surface area contributed by atoms with Gasteiger partial charge >= 0.3 is 5.97 Å². The first kappa shape index (κ1) is 30.6. The Morgan fingerprint density at radius 2 is 1.48 bits per heavy atom. The highest BCUT2D eigenvalue weighted by Gasteiger charge is 2.32. The Kier molecular flexibility index (Phi) is 14.3. The number of nitrogens with two attached hydrogens (primary N) is 2. The number of rotatable bonds is 16. The maximum atomic E-state index is 12.8. The molecule has 0 aliphatic rings. The average molecular weight is 492 g/mol. The Bertz CT molecular complexity index is 690. The van der Waals surface area contributed by atoms with Crippen molar-refractivity contribution >= 4 is 41.4 Å². The molecule has 0 radical (unpaired) electrons. The number of carbonyl (C=O) groups is 5. The van der Waals surface area contributed by atoms with E-state index in [1.807, 2.05) is 13.8 Å². The Morgan fingerprint density at radius 3 is 1.94 bits per heavy atom. The van der Waals surface area contributed by atoms with E-state index in [1.54, 1.807) is 6.26 Å². The van der Waals surface area contributed by atoms with Crippen LogP contribution >= 0.6 is 11.8 Å². The quantitative estimate of drug-likeness (QED) is 0.131. The number of aliphatic carboxylic acids is 1. The number of thioether (sulfide) groups is 1. The monoisotopic (exact) mass is 491 g/mol. The fourth-order valence-electron chi connectivity index (χ4n) is 2.86. The Balaban J connectivity index is 5.45. The van der Waals surface area contributed by atoms with Crippen LogP contribution in [0.25, 0.3) is 0 Å². The molecule has 0 bridgehead atoms. The topological polar surface area (TPSA) is 214 Å². The number of carbonyl (C=O) groups excluding carboxylic acids is 4. The number of nitrogens with one attached hydrogen (secondary N) is 3. The summed E-state index contributed by atoms with van der Waals surface area (Å²) < 4.78 is 0. The lowest BCUT2D eigenvalue weighted by Crippen LogP contribution is -2.60. The standard InChI is InChI=1S/C20H37N5O7S/c1-10(2)9-12(21)17(28)25-16(11(3)26)19(30)23-13(5-6-15(22)27)18(29)24-14(20(31)32)7-8-33-4/h10-14,16,26H,5-9,21H2,1-4H3,(H2,22,27)(H,23,30)(H,24,29)(H,25,28)(H,31,32). The zero-order valence-corrected chi connectivity index (χ0v) is 20.3. The van der Waals surface area contributed by atoms with Gasteiger partial charge in [-0.15, -0.1) is 0 Å². The summed E-state index contributed by atoms with van der Waals surface area (Å²) in [6.07, 6.45) is 0.512. The van der Waals surface area contributed by atoms with Crippen molar-refractivity contribution in [3.63, 3.8) is 0 Å². The number of primary amides is 1. The van der Waals surface area contributed by atoms with Gasteiger partial charge in [-0.3, -0.25) is 19.2 Å². The fraction of sp³-hybridized carbons (Fsp3) is 0.750. The summed E-state index contributed by atoms with van der Waals surface area (Å²) in [5.74, 6) is -3.74. The molecule has 13 heteroatoms. The first-order valence-corrected chi connectivity index (χ1v) is 12.0. The van der Waals surface area contributed by atoms with Gasteiger partial charge in [0.15, 0.2) is 0 Å². The Hall–Kier alpha value is -2.38. The van der Waals surface area contributed by atoms with E-state index in [4.69, 9.17) is 11.5 Å². The van der Waals surface area contributed by atoms with E-state index in [0.29, 0.717) is 12.2 Å². The molecule has 0 saturated heterocycles. The van der Waals surface area contributed by atoms with Crippen LogP contribution in [0.3, 0.4) is 0 Å². The average Bonchev–Trinajstić information content (AvgIpc) is 2.70. The van der Waals surface area contributed by atoms with Crippen LogP contribution in [-0.2, 0) is 24.0 Å². The lowest BCUT2D eigenvalue weighted by atomic mass is 10.0. The van der Waals surface area contributed by atoms with Gasteiger partial charge in [-0.25, -0.2) is 4.79 Å². The molecule has 0 aromatic heterocycles. The first-order valence-electron chi connectivity index (χ1n) is 10.6. The SMILES string of the molecule is CSCCC(NC(=O)C(CCC(N)=O)NC(=O)C(NC(=O)C(N)CC(C)C)C(C)O)C(=O)O. The second-order valence-electron chi connectivity index (χ2n) is 8.21. The predicted molar refractivity (Wildman–Crippen MR) is 124 cm³/mol. The fourth-order valence-corrected chi connectivity index (χ4v) is 3.33. The Labute approximate surface area is 198 Å². The van der Waals surface area contributed by atoms with Gasteiger partial charge in [-0.05, 0) is 44.1 Å². The minimum atomic E-state index is -1.42. The molecule has 0 spiro atoms. The molecular formula is C20H37N5O7S. The summed E-state index contributed by atoms with van der Waals surface area (Å²) in [6.45, 7) is 5.02. The summed E-state index contributed by atoms with van der Waals surface area (Å²) in [5.41, 5.74) is 11.0. The second kappa shape index (κ2) is 15.5. The van der Waals surface area contributed by atoms with E-state index in [0.717, 1.165) is 0 Å². The van der Waals surface area contributed by atoms with E-state index in [-0.39, 0.29) is 25.2 Å². The molecule has 0 aromatic carbocycles. The van der Waals surface area contributed by atoms with Crippen molar-refractivity contribution in [2.45, 2.75) is 76.7 Å². The zero-order valence-electron chi connectivity index (χ0n) is 19.5. The molecule has 0 aromatic rings. The van der Waals surface area contributed by atoms with E-state index in [2.05, 4.69) is 16.0 Å². The van der Waals surface area contributed by atoms with Gasteiger partial charge in [0.2, 0.25) is 23.6 Å². The van der Waals surface area contributed by atoms with Crippen molar-refractivity contribution in [1.29, 1.82) is 0 Å². The molecule has 0 saturated carbocycles. The molecule has 0 aliphatic heterocycles. The lowest BCUT2D eigenvalue weighted by molar-refractivity contribution is -0.142. The molecule has 5 unspecified atom stereocenters. The third-order valence-corrected chi connectivity index (χ3v) is 5.31. The summed E-state index contributed by atoms with van der Waals surface area (Å²) in [6, 6.07) is -4.84. The second-order valence-corrected chi connectivity index (χ2v) is 9.20. The number of aliphatic hydroxyl groups excluding tert-OH is 1. The van der Waals surface area contributed by atoms with Crippen LogP contribution < -0.4 is 27.4 Å². The lowest BCUT2D eigenvalue weighted by Gasteiger charge is -2.26. The number of carboxylic acids is 1. The van der Waals surface area contributed by atoms with Gasteiger partial charge in [0.25, 0.3) is 0 Å².